The number of esters is 1. The van der Waals surface area contributed by atoms with Gasteiger partial charge in [0.05, 0.1) is 12.2 Å². The Balaban J connectivity index is 2.84. The number of hydrogen-bond acceptors (Lipinski definition) is 4. The first-order valence-corrected chi connectivity index (χ1v) is 5.02. The van der Waals surface area contributed by atoms with Crippen LogP contribution in [0.15, 0.2) is 24.3 Å². The quantitative estimate of drug-likeness (QED) is 0.603. The van der Waals surface area contributed by atoms with Gasteiger partial charge in [0.25, 0.3) is 5.91 Å². The van der Waals surface area contributed by atoms with Crippen LogP contribution in [-0.2, 0) is 9.53 Å². The minimum Gasteiger partial charge on any atom is -0.507 e. The largest absolute Gasteiger partial charge is 0.507 e. The fourth-order valence-electron chi connectivity index (χ4n) is 1.22. The lowest BCUT2D eigenvalue weighted by Crippen LogP contribution is -2.10. The van der Waals surface area contributed by atoms with Crippen LogP contribution in [0.3, 0.4) is 0 Å². The molecule has 0 fully saturated rings. The van der Waals surface area contributed by atoms with Crippen LogP contribution in [-0.4, -0.2) is 23.6 Å². The van der Waals surface area contributed by atoms with Gasteiger partial charge in [-0.25, -0.2) is 4.79 Å². The Morgan fingerprint density at radius 1 is 1.47 bits per heavy atom. The molecule has 1 rings (SSSR count). The number of nitrogens with two attached hydrogens (primary N) is 1. The number of benzene rings is 1. The van der Waals surface area contributed by atoms with Crippen molar-refractivity contribution in [2.75, 3.05) is 6.61 Å². The molecule has 0 aromatic heterocycles. The molecule has 3 N–H and O–H groups in total. The normalized spacial score (nSPS) is 10.4. The maximum Gasteiger partial charge on any atom is 0.330 e. The highest BCUT2D eigenvalue weighted by Crippen LogP contribution is 2.19. The van der Waals surface area contributed by atoms with Gasteiger partial charge in [-0.15, -0.1) is 0 Å². The van der Waals surface area contributed by atoms with Gasteiger partial charge in [-0.1, -0.05) is 6.07 Å². The molecule has 0 aliphatic heterocycles. The van der Waals surface area contributed by atoms with Gasteiger partial charge in [0, 0.05) is 6.08 Å². The van der Waals surface area contributed by atoms with E-state index in [1.54, 1.807) is 13.0 Å². The molecule has 0 saturated heterocycles. The summed E-state index contributed by atoms with van der Waals surface area (Å²) in [7, 11) is 0. The molecule has 0 atom stereocenters. The van der Waals surface area contributed by atoms with E-state index < -0.39 is 11.9 Å². The van der Waals surface area contributed by atoms with Crippen LogP contribution in [0.5, 0.6) is 5.75 Å². The molecule has 0 unspecified atom stereocenters. The lowest BCUT2D eigenvalue weighted by molar-refractivity contribution is -0.137. The zero-order valence-corrected chi connectivity index (χ0v) is 9.34. The summed E-state index contributed by atoms with van der Waals surface area (Å²) in [5, 5.41) is 9.48. The zero-order valence-electron chi connectivity index (χ0n) is 9.34. The highest BCUT2D eigenvalue weighted by Gasteiger charge is 2.06. The Hall–Kier alpha value is -2.30. The standard InChI is InChI=1S/C12H13NO4/c1-2-17-11(15)6-4-8-3-5-9(12(13)16)10(14)7-8/h3-7,14H,2H2,1H3,(H2,13,16)/b6-4+. The molecule has 0 saturated carbocycles. The van der Waals surface area contributed by atoms with Crippen LogP contribution in [0.25, 0.3) is 6.08 Å². The first-order valence-electron chi connectivity index (χ1n) is 5.02. The molecular weight excluding hydrogens is 222 g/mol. The summed E-state index contributed by atoms with van der Waals surface area (Å²) in [4.78, 5) is 21.9. The average Bonchev–Trinajstić information content (AvgIpc) is 2.26. The van der Waals surface area contributed by atoms with Crippen LogP contribution in [0.4, 0.5) is 0 Å². The Labute approximate surface area is 98.5 Å². The fraction of sp³-hybridized carbons (Fsp3) is 0.167. The van der Waals surface area contributed by atoms with Crippen LogP contribution >= 0.6 is 0 Å². The Kier molecular flexibility index (Phi) is 4.28. The van der Waals surface area contributed by atoms with E-state index >= 15 is 0 Å². The SMILES string of the molecule is CCOC(=O)/C=C/c1ccc(C(N)=O)c(O)c1. The molecule has 1 aromatic rings. The van der Waals surface area contributed by atoms with Crippen LogP contribution in [0.1, 0.15) is 22.8 Å². The third-order valence-electron chi connectivity index (χ3n) is 1.99. The van der Waals surface area contributed by atoms with Gasteiger partial charge in [-0.2, -0.15) is 0 Å². The smallest absolute Gasteiger partial charge is 0.330 e. The second-order valence-corrected chi connectivity index (χ2v) is 3.23. The van der Waals surface area contributed by atoms with E-state index in [4.69, 9.17) is 10.5 Å². The van der Waals surface area contributed by atoms with Crippen LogP contribution in [0.2, 0.25) is 0 Å². The summed E-state index contributed by atoms with van der Waals surface area (Å²) < 4.78 is 4.69. The molecule has 90 valence electrons. The number of primary amides is 1. The maximum absolute atomic E-state index is 11.0. The zero-order chi connectivity index (χ0) is 12.8. The van der Waals surface area contributed by atoms with E-state index in [-0.39, 0.29) is 11.3 Å². The van der Waals surface area contributed by atoms with Crippen molar-refractivity contribution in [3.05, 3.63) is 35.4 Å². The number of ether oxygens (including phenoxy) is 1. The fourth-order valence-corrected chi connectivity index (χ4v) is 1.22. The maximum atomic E-state index is 11.0. The van der Waals surface area contributed by atoms with Crippen LogP contribution in [0, 0.1) is 0 Å². The number of amides is 1. The van der Waals surface area contributed by atoms with Crippen molar-refractivity contribution < 1.29 is 19.4 Å². The van der Waals surface area contributed by atoms with E-state index in [0.29, 0.717) is 12.2 Å². The molecule has 0 aliphatic rings. The molecule has 5 nitrogen and oxygen atoms in total. The van der Waals surface area contributed by atoms with Gasteiger partial charge >= 0.3 is 5.97 Å². The topological polar surface area (TPSA) is 89.6 Å². The van der Waals surface area contributed by atoms with Crippen molar-refractivity contribution in [1.29, 1.82) is 0 Å². The first kappa shape index (κ1) is 12.8. The van der Waals surface area contributed by atoms with Gasteiger partial charge in [-0.3, -0.25) is 4.79 Å². The highest BCUT2D eigenvalue weighted by molar-refractivity contribution is 5.96. The molecule has 17 heavy (non-hydrogen) atoms. The number of phenols is 1. The third-order valence-corrected chi connectivity index (χ3v) is 1.99. The average molecular weight is 235 g/mol. The van der Waals surface area contributed by atoms with Crippen molar-refractivity contribution in [3.8, 4) is 5.75 Å². The van der Waals surface area contributed by atoms with Gasteiger partial charge in [0.2, 0.25) is 0 Å². The molecular formula is C12H13NO4. The number of hydrogen-bond donors (Lipinski definition) is 2. The Bertz CT molecular complexity index is 466. The third kappa shape index (κ3) is 3.64. The van der Waals surface area contributed by atoms with E-state index in [1.807, 2.05) is 0 Å². The number of carbonyl (C=O) groups is 2. The Morgan fingerprint density at radius 3 is 2.71 bits per heavy atom. The lowest BCUT2D eigenvalue weighted by atomic mass is 10.1. The number of rotatable bonds is 4. The van der Waals surface area contributed by atoms with Crippen molar-refractivity contribution in [2.24, 2.45) is 5.73 Å². The van der Waals surface area contributed by atoms with E-state index in [0.717, 1.165) is 0 Å². The summed E-state index contributed by atoms with van der Waals surface area (Å²) in [6.07, 6.45) is 2.71. The second-order valence-electron chi connectivity index (χ2n) is 3.23. The summed E-state index contributed by atoms with van der Waals surface area (Å²) in [6, 6.07) is 4.30. The number of aromatic hydroxyl groups is 1. The van der Waals surface area contributed by atoms with Crippen molar-refractivity contribution in [2.45, 2.75) is 6.92 Å². The highest BCUT2D eigenvalue weighted by atomic mass is 16.5. The predicted octanol–water partition coefficient (Wildman–Crippen LogP) is 1.07. The molecule has 0 radical (unpaired) electrons. The van der Waals surface area contributed by atoms with E-state index in [1.165, 1.54) is 24.3 Å². The predicted molar refractivity (Wildman–Crippen MR) is 62.3 cm³/mol. The minimum absolute atomic E-state index is 0.0401. The monoisotopic (exact) mass is 235 g/mol. The molecule has 0 spiro atoms. The van der Waals surface area contributed by atoms with Gasteiger partial charge < -0.3 is 15.6 Å². The molecule has 1 amide bonds. The second kappa shape index (κ2) is 5.69. The van der Waals surface area contributed by atoms with Gasteiger partial charge in [0.1, 0.15) is 5.75 Å². The summed E-state index contributed by atoms with van der Waals surface area (Å²) >= 11 is 0. The number of carbonyl (C=O) groups excluding carboxylic acids is 2. The molecule has 0 heterocycles. The summed E-state index contributed by atoms with van der Waals surface area (Å²) in [6.45, 7) is 2.01. The first-order chi connectivity index (χ1) is 8.04. The molecule has 0 bridgehead atoms. The van der Waals surface area contributed by atoms with Crippen molar-refractivity contribution >= 4 is 18.0 Å². The summed E-state index contributed by atoms with van der Waals surface area (Å²) in [5.41, 5.74) is 5.65. The van der Waals surface area contributed by atoms with Crippen LogP contribution < -0.4 is 5.73 Å². The van der Waals surface area contributed by atoms with Gasteiger partial charge in [-0.05, 0) is 30.7 Å². The molecule has 1 aromatic carbocycles. The molecule has 0 aliphatic carbocycles. The van der Waals surface area contributed by atoms with Gasteiger partial charge in [0.15, 0.2) is 0 Å². The Morgan fingerprint density at radius 2 is 2.18 bits per heavy atom. The van der Waals surface area contributed by atoms with E-state index in [9.17, 15) is 14.7 Å². The lowest BCUT2D eigenvalue weighted by Gasteiger charge is -2.01. The molecule has 5 heteroatoms. The van der Waals surface area contributed by atoms with E-state index in [2.05, 4.69) is 0 Å². The van der Waals surface area contributed by atoms with Crippen molar-refractivity contribution in [1.82, 2.24) is 0 Å². The van der Waals surface area contributed by atoms with Crippen molar-refractivity contribution in [3.63, 3.8) is 0 Å². The minimum atomic E-state index is -0.705. The summed E-state index contributed by atoms with van der Waals surface area (Å²) in [5.74, 6) is -1.39.